The molecule has 0 aromatic carbocycles. The van der Waals surface area contributed by atoms with E-state index in [0.717, 1.165) is 19.3 Å². The lowest BCUT2D eigenvalue weighted by molar-refractivity contribution is -0.140. The van der Waals surface area contributed by atoms with Gasteiger partial charge in [-0.15, -0.1) is 0 Å². The van der Waals surface area contributed by atoms with Crippen LogP contribution in [0.3, 0.4) is 0 Å². The van der Waals surface area contributed by atoms with Crippen molar-refractivity contribution in [2.75, 3.05) is 6.54 Å². The quantitative estimate of drug-likeness (QED) is 0.927. The van der Waals surface area contributed by atoms with Crippen molar-refractivity contribution >= 4 is 23.2 Å². The van der Waals surface area contributed by atoms with Crippen LogP contribution in [0.2, 0.25) is 0 Å². The summed E-state index contributed by atoms with van der Waals surface area (Å²) in [6.45, 7) is 4.51. The molecular weight excluding hydrogens is 284 g/mol. The van der Waals surface area contributed by atoms with Gasteiger partial charge in [0, 0.05) is 19.0 Å². The van der Waals surface area contributed by atoms with Gasteiger partial charge in [0.05, 0.1) is 0 Å². The summed E-state index contributed by atoms with van der Waals surface area (Å²) in [6, 6.07) is 2.23. The summed E-state index contributed by atoms with van der Waals surface area (Å²) >= 11 is 1.68. The second-order valence-corrected chi connectivity index (χ2v) is 7.24. The van der Waals surface area contributed by atoms with Gasteiger partial charge in [-0.2, -0.15) is 11.3 Å². The molecule has 114 valence electrons. The Labute approximate surface area is 129 Å². The zero-order valence-corrected chi connectivity index (χ0v) is 13.4. The van der Waals surface area contributed by atoms with Crippen LogP contribution in [-0.4, -0.2) is 34.8 Å². The monoisotopic (exact) mass is 306 g/mol. The number of amides is 2. The predicted molar refractivity (Wildman–Crippen MR) is 83.1 cm³/mol. The van der Waals surface area contributed by atoms with Gasteiger partial charge in [0.25, 0.3) is 0 Å². The summed E-state index contributed by atoms with van der Waals surface area (Å²) in [5.41, 5.74) is 0.563. The van der Waals surface area contributed by atoms with Gasteiger partial charge in [-0.25, -0.2) is 0 Å². The summed E-state index contributed by atoms with van der Waals surface area (Å²) in [6.07, 6.45) is 3.33. The Balaban J connectivity index is 1.79. The van der Waals surface area contributed by atoms with Crippen LogP contribution in [0.1, 0.15) is 38.7 Å². The SMILES string of the molecule is CC(Cc1ccsc1)N1CCC(=O)NC(C)(C2CC2)C1=O. The molecule has 1 saturated heterocycles. The molecule has 2 amide bonds. The zero-order valence-electron chi connectivity index (χ0n) is 12.6. The molecule has 2 atom stereocenters. The van der Waals surface area contributed by atoms with E-state index in [2.05, 4.69) is 29.1 Å². The predicted octanol–water partition coefficient (Wildman–Crippen LogP) is 2.20. The molecule has 3 rings (SSSR count). The average Bonchev–Trinajstić information content (AvgIpc) is 3.19. The maximum absolute atomic E-state index is 13.0. The van der Waals surface area contributed by atoms with Crippen molar-refractivity contribution in [3.63, 3.8) is 0 Å². The molecule has 1 aliphatic carbocycles. The lowest BCUT2D eigenvalue weighted by Gasteiger charge is -2.35. The highest BCUT2D eigenvalue weighted by molar-refractivity contribution is 7.07. The Bertz CT molecular complexity index is 538. The highest BCUT2D eigenvalue weighted by atomic mass is 32.1. The van der Waals surface area contributed by atoms with Crippen molar-refractivity contribution in [2.24, 2.45) is 5.92 Å². The van der Waals surface area contributed by atoms with Crippen molar-refractivity contribution in [3.8, 4) is 0 Å². The molecule has 0 bridgehead atoms. The summed E-state index contributed by atoms with van der Waals surface area (Å²) in [5.74, 6) is 0.407. The van der Waals surface area contributed by atoms with Gasteiger partial charge in [0.2, 0.25) is 11.8 Å². The van der Waals surface area contributed by atoms with Gasteiger partial charge in [0.1, 0.15) is 5.54 Å². The Morgan fingerprint density at radius 1 is 1.48 bits per heavy atom. The van der Waals surface area contributed by atoms with Gasteiger partial charge in [-0.3, -0.25) is 9.59 Å². The van der Waals surface area contributed by atoms with Gasteiger partial charge in [-0.1, -0.05) is 0 Å². The summed E-state index contributed by atoms with van der Waals surface area (Å²) in [7, 11) is 0. The second-order valence-electron chi connectivity index (χ2n) is 6.46. The molecule has 1 aliphatic heterocycles. The minimum Gasteiger partial charge on any atom is -0.342 e. The van der Waals surface area contributed by atoms with Crippen molar-refractivity contribution in [3.05, 3.63) is 22.4 Å². The van der Waals surface area contributed by atoms with E-state index >= 15 is 0 Å². The van der Waals surface area contributed by atoms with Crippen molar-refractivity contribution < 1.29 is 9.59 Å². The first-order valence-corrected chi connectivity index (χ1v) is 8.58. The molecule has 21 heavy (non-hydrogen) atoms. The van der Waals surface area contributed by atoms with Crippen LogP contribution in [0.4, 0.5) is 0 Å². The van der Waals surface area contributed by atoms with Crippen molar-refractivity contribution in [1.29, 1.82) is 0 Å². The smallest absolute Gasteiger partial charge is 0.248 e. The Morgan fingerprint density at radius 3 is 2.86 bits per heavy atom. The second kappa shape index (κ2) is 5.44. The highest BCUT2D eigenvalue weighted by Crippen LogP contribution is 2.41. The van der Waals surface area contributed by atoms with Crippen LogP contribution < -0.4 is 5.32 Å². The number of carbonyl (C=O) groups is 2. The van der Waals surface area contributed by atoms with E-state index in [1.165, 1.54) is 5.56 Å². The number of nitrogens with one attached hydrogen (secondary N) is 1. The first-order valence-electron chi connectivity index (χ1n) is 7.64. The minimum atomic E-state index is -0.698. The highest BCUT2D eigenvalue weighted by Gasteiger charge is 2.51. The molecular formula is C16H22N2O2S. The fourth-order valence-corrected chi connectivity index (χ4v) is 3.93. The van der Waals surface area contributed by atoms with Crippen LogP contribution in [0.25, 0.3) is 0 Å². The summed E-state index contributed by atoms with van der Waals surface area (Å²) in [5, 5.41) is 7.17. The Hall–Kier alpha value is -1.36. The fraction of sp³-hybridized carbons (Fsp3) is 0.625. The van der Waals surface area contributed by atoms with E-state index in [1.54, 1.807) is 11.3 Å². The molecule has 4 nitrogen and oxygen atoms in total. The molecule has 1 N–H and O–H groups in total. The molecule has 5 heteroatoms. The van der Waals surface area contributed by atoms with Gasteiger partial charge < -0.3 is 10.2 Å². The van der Waals surface area contributed by atoms with E-state index in [1.807, 2.05) is 11.8 Å². The van der Waals surface area contributed by atoms with Gasteiger partial charge >= 0.3 is 0 Å². The van der Waals surface area contributed by atoms with Crippen LogP contribution in [0.5, 0.6) is 0 Å². The number of hydrogen-bond donors (Lipinski definition) is 1. The number of thiophene rings is 1. The fourth-order valence-electron chi connectivity index (χ4n) is 3.25. The van der Waals surface area contributed by atoms with E-state index in [-0.39, 0.29) is 17.9 Å². The molecule has 2 fully saturated rings. The molecule has 1 saturated carbocycles. The van der Waals surface area contributed by atoms with Crippen molar-refractivity contribution in [2.45, 2.75) is 51.1 Å². The third-order valence-corrected chi connectivity index (χ3v) is 5.45. The topological polar surface area (TPSA) is 49.4 Å². The number of rotatable bonds is 4. The van der Waals surface area contributed by atoms with E-state index in [0.29, 0.717) is 18.9 Å². The molecule has 2 heterocycles. The third-order valence-electron chi connectivity index (χ3n) is 4.72. The first-order chi connectivity index (χ1) is 10.0. The number of carbonyl (C=O) groups excluding carboxylic acids is 2. The summed E-state index contributed by atoms with van der Waals surface area (Å²) < 4.78 is 0. The van der Waals surface area contributed by atoms with Gasteiger partial charge in [0.15, 0.2) is 0 Å². The van der Waals surface area contributed by atoms with Crippen molar-refractivity contribution in [1.82, 2.24) is 10.2 Å². The standard InChI is InChI=1S/C16H22N2O2S/c1-11(9-12-6-8-21-10-12)18-7-5-14(19)17-16(2,15(18)20)13-3-4-13/h6,8,10-11,13H,3-5,7,9H2,1-2H3,(H,17,19). The molecule has 0 radical (unpaired) electrons. The third kappa shape index (κ3) is 2.84. The lowest BCUT2D eigenvalue weighted by atomic mass is 9.93. The number of nitrogens with zero attached hydrogens (tertiary/aromatic N) is 1. The first kappa shape index (κ1) is 14.6. The van der Waals surface area contributed by atoms with Gasteiger partial charge in [-0.05, 0) is 61.4 Å². The molecule has 1 aromatic rings. The van der Waals surface area contributed by atoms with Crippen LogP contribution in [0, 0.1) is 5.92 Å². The van der Waals surface area contributed by atoms with E-state index in [4.69, 9.17) is 0 Å². The van der Waals surface area contributed by atoms with Crippen LogP contribution in [0.15, 0.2) is 16.8 Å². The van der Waals surface area contributed by atoms with Crippen LogP contribution >= 0.6 is 11.3 Å². The minimum absolute atomic E-state index is 0.00276. The average molecular weight is 306 g/mol. The summed E-state index contributed by atoms with van der Waals surface area (Å²) in [4.78, 5) is 26.9. The normalized spacial score (nSPS) is 28.2. The zero-order chi connectivity index (χ0) is 15.0. The molecule has 1 aromatic heterocycles. The molecule has 2 unspecified atom stereocenters. The van der Waals surface area contributed by atoms with E-state index in [9.17, 15) is 9.59 Å². The Kier molecular flexibility index (Phi) is 3.78. The maximum Gasteiger partial charge on any atom is 0.248 e. The molecule has 2 aliphatic rings. The maximum atomic E-state index is 13.0. The van der Waals surface area contributed by atoms with Crippen LogP contribution in [-0.2, 0) is 16.0 Å². The Morgan fingerprint density at radius 2 is 2.24 bits per heavy atom. The number of hydrogen-bond acceptors (Lipinski definition) is 3. The van der Waals surface area contributed by atoms with E-state index < -0.39 is 5.54 Å². The lowest BCUT2D eigenvalue weighted by Crippen LogP contribution is -2.58. The largest absolute Gasteiger partial charge is 0.342 e. The molecule has 0 spiro atoms.